The van der Waals surface area contributed by atoms with Crippen LogP contribution in [0.5, 0.6) is 17.2 Å². The number of hydrogen-bond acceptors (Lipinski definition) is 3. The molecule has 1 aliphatic rings. The van der Waals surface area contributed by atoms with E-state index < -0.39 is 0 Å². The Labute approximate surface area is 104 Å². The number of methoxy groups -OCH3 is 2. The average molecular weight is 287 g/mol. The molecule has 0 aliphatic heterocycles. The predicted octanol–water partition coefficient (Wildman–Crippen LogP) is 3.01. The van der Waals surface area contributed by atoms with Gasteiger partial charge in [0.2, 0.25) is 5.75 Å². The minimum Gasteiger partial charge on any atom is -0.493 e. The lowest BCUT2D eigenvalue weighted by molar-refractivity contribution is 0.119. The maximum absolute atomic E-state index is 5.88. The zero-order valence-corrected chi connectivity index (χ0v) is 11.0. The molecule has 3 nitrogen and oxygen atoms in total. The Kier molecular flexibility index (Phi) is 3.59. The number of rotatable bonds is 4. The SMILES string of the molecule is COc1cccc(OC)c1OC1CC(Br)C1. The molecule has 0 saturated heterocycles. The third-order valence-corrected chi connectivity index (χ3v) is 3.45. The highest BCUT2D eigenvalue weighted by atomic mass is 79.9. The minimum absolute atomic E-state index is 0.259. The van der Waals surface area contributed by atoms with Crippen LogP contribution >= 0.6 is 15.9 Å². The lowest BCUT2D eigenvalue weighted by Gasteiger charge is -2.32. The van der Waals surface area contributed by atoms with Crippen LogP contribution < -0.4 is 14.2 Å². The van der Waals surface area contributed by atoms with Crippen molar-refractivity contribution in [3.05, 3.63) is 18.2 Å². The van der Waals surface area contributed by atoms with Gasteiger partial charge in [-0.2, -0.15) is 0 Å². The third kappa shape index (κ3) is 2.26. The van der Waals surface area contributed by atoms with Crippen LogP contribution in [-0.2, 0) is 0 Å². The van der Waals surface area contributed by atoms with Crippen LogP contribution in [0.25, 0.3) is 0 Å². The Morgan fingerprint density at radius 2 is 1.69 bits per heavy atom. The lowest BCUT2D eigenvalue weighted by atomic mass is 9.96. The highest BCUT2D eigenvalue weighted by Crippen LogP contribution is 2.40. The van der Waals surface area contributed by atoms with Crippen LogP contribution in [0, 0.1) is 0 Å². The van der Waals surface area contributed by atoms with Crippen molar-refractivity contribution in [2.45, 2.75) is 23.8 Å². The summed E-state index contributed by atoms with van der Waals surface area (Å²) in [5.41, 5.74) is 0. The van der Waals surface area contributed by atoms with E-state index in [0.29, 0.717) is 10.6 Å². The fraction of sp³-hybridized carbons (Fsp3) is 0.500. The molecule has 0 radical (unpaired) electrons. The van der Waals surface area contributed by atoms with Gasteiger partial charge in [0.05, 0.1) is 14.2 Å². The maximum atomic E-state index is 5.88. The molecule has 2 rings (SSSR count). The Morgan fingerprint density at radius 1 is 1.12 bits per heavy atom. The minimum atomic E-state index is 0.259. The molecule has 1 aliphatic carbocycles. The molecular formula is C12H15BrO3. The molecule has 88 valence electrons. The van der Waals surface area contributed by atoms with E-state index in [0.717, 1.165) is 24.3 Å². The number of halogens is 1. The van der Waals surface area contributed by atoms with Crippen molar-refractivity contribution in [2.24, 2.45) is 0 Å². The molecule has 0 atom stereocenters. The van der Waals surface area contributed by atoms with E-state index in [9.17, 15) is 0 Å². The van der Waals surface area contributed by atoms with Crippen LogP contribution in [0.4, 0.5) is 0 Å². The van der Waals surface area contributed by atoms with Gasteiger partial charge in [-0.15, -0.1) is 0 Å². The molecule has 1 fully saturated rings. The summed E-state index contributed by atoms with van der Waals surface area (Å²) < 4.78 is 16.4. The molecule has 16 heavy (non-hydrogen) atoms. The first-order chi connectivity index (χ1) is 7.74. The van der Waals surface area contributed by atoms with E-state index in [2.05, 4.69) is 15.9 Å². The molecule has 1 aromatic carbocycles. The monoisotopic (exact) mass is 286 g/mol. The van der Waals surface area contributed by atoms with E-state index in [-0.39, 0.29) is 6.10 Å². The zero-order chi connectivity index (χ0) is 11.5. The summed E-state index contributed by atoms with van der Waals surface area (Å²) in [6.07, 6.45) is 2.32. The molecule has 1 saturated carbocycles. The quantitative estimate of drug-likeness (QED) is 0.797. The summed E-state index contributed by atoms with van der Waals surface area (Å²) in [7, 11) is 3.27. The largest absolute Gasteiger partial charge is 0.493 e. The van der Waals surface area contributed by atoms with E-state index in [1.165, 1.54) is 0 Å². The van der Waals surface area contributed by atoms with E-state index >= 15 is 0 Å². The highest BCUT2D eigenvalue weighted by molar-refractivity contribution is 9.09. The topological polar surface area (TPSA) is 27.7 Å². The maximum Gasteiger partial charge on any atom is 0.203 e. The van der Waals surface area contributed by atoms with Crippen LogP contribution in [0.3, 0.4) is 0 Å². The van der Waals surface area contributed by atoms with Gasteiger partial charge in [-0.1, -0.05) is 22.0 Å². The molecule has 0 bridgehead atoms. The Hall–Kier alpha value is -0.900. The second-order valence-corrected chi connectivity index (χ2v) is 5.10. The van der Waals surface area contributed by atoms with E-state index in [4.69, 9.17) is 14.2 Å². The smallest absolute Gasteiger partial charge is 0.203 e. The fourth-order valence-corrected chi connectivity index (χ4v) is 2.53. The van der Waals surface area contributed by atoms with Crippen LogP contribution in [0.15, 0.2) is 18.2 Å². The van der Waals surface area contributed by atoms with Gasteiger partial charge in [-0.05, 0) is 25.0 Å². The van der Waals surface area contributed by atoms with Crippen molar-refractivity contribution in [3.8, 4) is 17.2 Å². The number of benzene rings is 1. The third-order valence-electron chi connectivity index (χ3n) is 2.70. The van der Waals surface area contributed by atoms with Crippen LogP contribution in [0.2, 0.25) is 0 Å². The Morgan fingerprint density at radius 3 is 2.12 bits per heavy atom. The lowest BCUT2D eigenvalue weighted by Crippen LogP contribution is -2.34. The van der Waals surface area contributed by atoms with E-state index in [1.54, 1.807) is 14.2 Å². The molecule has 0 unspecified atom stereocenters. The van der Waals surface area contributed by atoms with Gasteiger partial charge >= 0.3 is 0 Å². The fourth-order valence-electron chi connectivity index (χ4n) is 1.70. The first-order valence-corrected chi connectivity index (χ1v) is 6.18. The van der Waals surface area contributed by atoms with Gasteiger partial charge in [0.25, 0.3) is 0 Å². The normalized spacial score (nSPS) is 23.4. The van der Waals surface area contributed by atoms with Crippen molar-refractivity contribution >= 4 is 15.9 Å². The van der Waals surface area contributed by atoms with Gasteiger partial charge in [0.1, 0.15) is 6.10 Å². The second-order valence-electron chi connectivity index (χ2n) is 3.80. The molecule has 4 heteroatoms. The van der Waals surface area contributed by atoms with Gasteiger partial charge in [0.15, 0.2) is 11.5 Å². The van der Waals surface area contributed by atoms with Crippen LogP contribution in [-0.4, -0.2) is 25.2 Å². The summed E-state index contributed by atoms with van der Waals surface area (Å²) in [4.78, 5) is 0.582. The Bertz CT molecular complexity index is 339. The number of hydrogen-bond donors (Lipinski definition) is 0. The molecule has 0 heterocycles. The summed E-state index contributed by atoms with van der Waals surface area (Å²) in [6, 6.07) is 5.64. The van der Waals surface area contributed by atoms with Gasteiger partial charge in [0, 0.05) is 4.83 Å². The summed E-state index contributed by atoms with van der Waals surface area (Å²) in [5.74, 6) is 2.15. The number of alkyl halides is 1. The first kappa shape index (κ1) is 11.6. The van der Waals surface area contributed by atoms with Gasteiger partial charge in [-0.3, -0.25) is 0 Å². The standard InChI is InChI=1S/C12H15BrO3/c1-14-10-4-3-5-11(15-2)12(10)16-9-6-8(13)7-9/h3-5,8-9H,6-7H2,1-2H3. The molecular weight excluding hydrogens is 272 g/mol. The summed E-state index contributed by atoms with van der Waals surface area (Å²) in [6.45, 7) is 0. The molecule has 0 N–H and O–H groups in total. The van der Waals surface area contributed by atoms with Gasteiger partial charge in [-0.25, -0.2) is 0 Å². The molecule has 0 amide bonds. The van der Waals surface area contributed by atoms with Crippen molar-refractivity contribution in [1.82, 2.24) is 0 Å². The van der Waals surface area contributed by atoms with Gasteiger partial charge < -0.3 is 14.2 Å². The molecule has 0 aromatic heterocycles. The average Bonchev–Trinajstić information content (AvgIpc) is 2.27. The van der Waals surface area contributed by atoms with E-state index in [1.807, 2.05) is 18.2 Å². The molecule has 0 spiro atoms. The summed E-state index contributed by atoms with van der Waals surface area (Å²) >= 11 is 3.54. The summed E-state index contributed by atoms with van der Waals surface area (Å²) in [5, 5.41) is 0. The van der Waals surface area contributed by atoms with Crippen molar-refractivity contribution < 1.29 is 14.2 Å². The van der Waals surface area contributed by atoms with Crippen LogP contribution in [0.1, 0.15) is 12.8 Å². The number of ether oxygens (including phenoxy) is 3. The van der Waals surface area contributed by atoms with Crippen molar-refractivity contribution in [2.75, 3.05) is 14.2 Å². The Balaban J connectivity index is 2.16. The second kappa shape index (κ2) is 4.95. The number of para-hydroxylation sites is 1. The molecule has 1 aromatic rings. The highest BCUT2D eigenvalue weighted by Gasteiger charge is 2.30. The first-order valence-electron chi connectivity index (χ1n) is 5.26. The predicted molar refractivity (Wildman–Crippen MR) is 65.9 cm³/mol. The van der Waals surface area contributed by atoms with Crippen molar-refractivity contribution in [3.63, 3.8) is 0 Å². The van der Waals surface area contributed by atoms with Crippen molar-refractivity contribution in [1.29, 1.82) is 0 Å². The zero-order valence-electron chi connectivity index (χ0n) is 9.40.